The Kier molecular flexibility index (Phi) is 3.41. The van der Waals surface area contributed by atoms with E-state index in [4.69, 9.17) is 0 Å². The number of benzene rings is 6. The number of hydrogen-bond acceptors (Lipinski definition) is 0. The molecule has 0 bridgehead atoms. The van der Waals surface area contributed by atoms with Crippen LogP contribution in [0.5, 0.6) is 0 Å². The summed E-state index contributed by atoms with van der Waals surface area (Å²) in [5, 5.41) is 8.89. The van der Waals surface area contributed by atoms with Crippen LogP contribution in [0.2, 0.25) is 0 Å². The van der Waals surface area contributed by atoms with Crippen LogP contribution in [-0.2, 0) is 0 Å². The van der Waals surface area contributed by atoms with E-state index < -0.39 is 5.94 Å². The van der Waals surface area contributed by atoms with Crippen molar-refractivity contribution < 1.29 is 0 Å². The van der Waals surface area contributed by atoms with Gasteiger partial charge in [0.15, 0.2) is 0 Å². The van der Waals surface area contributed by atoms with E-state index in [1.807, 2.05) is 0 Å². The van der Waals surface area contributed by atoms with Crippen molar-refractivity contribution in [2.24, 2.45) is 0 Å². The zero-order chi connectivity index (χ0) is 25.2. The van der Waals surface area contributed by atoms with E-state index in [0.717, 1.165) is 0 Å². The molecule has 3 aliphatic rings. The van der Waals surface area contributed by atoms with E-state index >= 15 is 0 Å². The van der Waals surface area contributed by atoms with Crippen LogP contribution in [0.1, 0.15) is 5.56 Å². The minimum absolute atomic E-state index is 1.31. The fourth-order valence-electron chi connectivity index (χ4n) is 9.22. The summed E-state index contributed by atoms with van der Waals surface area (Å²) >= 11 is 0. The van der Waals surface area contributed by atoms with Gasteiger partial charge in [-0.3, -0.25) is 0 Å². The van der Waals surface area contributed by atoms with Crippen molar-refractivity contribution in [2.45, 2.75) is 6.92 Å². The van der Waals surface area contributed by atoms with Gasteiger partial charge in [0.1, 0.15) is 0 Å². The topological polar surface area (TPSA) is 0 Å². The Hall–Kier alpha value is -4.25. The van der Waals surface area contributed by atoms with Gasteiger partial charge in [-0.1, -0.05) is 0 Å². The zero-order valence-electron chi connectivity index (χ0n) is 21.2. The van der Waals surface area contributed by atoms with Crippen LogP contribution < -0.4 is 31.8 Å². The number of rotatable bonds is 0. The molecule has 0 fully saturated rings. The van der Waals surface area contributed by atoms with Crippen LogP contribution in [0.4, 0.5) is 0 Å². The Morgan fingerprint density at radius 2 is 0.605 bits per heavy atom. The van der Waals surface area contributed by atoms with E-state index in [0.29, 0.717) is 0 Å². The summed E-state index contributed by atoms with van der Waals surface area (Å²) in [5.41, 5.74) is 9.53. The standard InChI is InChI=1S/C37H26P/c1-25-22-23-31-30-16-6-11-21-36(30)38(37(31)24-25,32-17-7-2-12-26(32)27-13-3-8-18-33(27)38)34-19-9-4-14-28(34)29-15-5-10-20-35(29)38/h2-24H,1H3/q-1. The number of aryl methyl sites for hydroxylation is 1. The molecule has 38 heavy (non-hydrogen) atoms. The molecular weight excluding hydrogens is 475 g/mol. The first-order valence-electron chi connectivity index (χ1n) is 13.5. The Balaban J connectivity index is 1.81. The summed E-state index contributed by atoms with van der Waals surface area (Å²) in [4.78, 5) is 0. The van der Waals surface area contributed by atoms with Crippen LogP contribution in [0.3, 0.4) is 0 Å². The molecule has 0 aliphatic carbocycles. The molecule has 6 aromatic rings. The molecule has 0 N–H and O–H groups in total. The van der Waals surface area contributed by atoms with Gasteiger partial charge in [0.05, 0.1) is 0 Å². The van der Waals surface area contributed by atoms with Gasteiger partial charge in [-0.15, -0.1) is 0 Å². The molecular formula is C37H26P-. The predicted octanol–water partition coefficient (Wildman–Crippen LogP) is 6.28. The van der Waals surface area contributed by atoms with Gasteiger partial charge in [-0.05, 0) is 0 Å². The summed E-state index contributed by atoms with van der Waals surface area (Å²) in [6, 6.07) is 53.9. The van der Waals surface area contributed by atoms with E-state index in [2.05, 4.69) is 146 Å². The second-order valence-electron chi connectivity index (χ2n) is 11.3. The molecule has 9 rings (SSSR count). The second-order valence-corrected chi connectivity index (χ2v) is 17.5. The van der Waals surface area contributed by atoms with Crippen molar-refractivity contribution in [3.8, 4) is 33.4 Å². The quantitative estimate of drug-likeness (QED) is 0.215. The molecule has 0 radical (unpaired) electrons. The average Bonchev–Trinajstić information content (AvgIpc) is 3.49. The summed E-state index contributed by atoms with van der Waals surface area (Å²) < 4.78 is 0. The molecule has 0 unspecified atom stereocenters. The molecule has 180 valence electrons. The molecule has 0 saturated carbocycles. The summed E-state index contributed by atoms with van der Waals surface area (Å²) in [6.07, 6.45) is 0. The molecule has 6 aromatic carbocycles. The molecule has 3 aliphatic heterocycles. The maximum absolute atomic E-state index is 4.37. The first-order chi connectivity index (χ1) is 18.7. The van der Waals surface area contributed by atoms with Gasteiger partial charge < -0.3 is 0 Å². The first kappa shape index (κ1) is 20.8. The summed E-state index contributed by atoms with van der Waals surface area (Å²) in [7, 11) is 0. The Labute approximate surface area is 222 Å². The van der Waals surface area contributed by atoms with Gasteiger partial charge in [-0.25, -0.2) is 0 Å². The maximum atomic E-state index is 2.54. The summed E-state index contributed by atoms with van der Waals surface area (Å²) in [6.45, 7) is 2.26. The van der Waals surface area contributed by atoms with E-state index in [9.17, 15) is 0 Å². The molecule has 3 heterocycles. The van der Waals surface area contributed by atoms with E-state index in [-0.39, 0.29) is 0 Å². The Bertz CT molecular complexity index is 1820. The average molecular weight is 502 g/mol. The van der Waals surface area contributed by atoms with Crippen LogP contribution in [0.15, 0.2) is 140 Å². The van der Waals surface area contributed by atoms with Crippen molar-refractivity contribution in [3.05, 3.63) is 145 Å². The zero-order valence-corrected chi connectivity index (χ0v) is 22.1. The van der Waals surface area contributed by atoms with Gasteiger partial charge in [-0.2, -0.15) is 0 Å². The fraction of sp³-hybridized carbons (Fsp3) is 0.0270. The van der Waals surface area contributed by atoms with Crippen LogP contribution in [0, 0.1) is 6.92 Å². The van der Waals surface area contributed by atoms with Crippen LogP contribution in [-0.4, -0.2) is 0 Å². The second kappa shape index (κ2) is 6.24. The molecule has 1 spiro atoms. The molecule has 0 atom stereocenters. The van der Waals surface area contributed by atoms with Gasteiger partial charge in [0, 0.05) is 0 Å². The SMILES string of the molecule is Cc1ccc2c(c1)[P-]13(c4ccccc4-c4ccccc41)(c1ccccc1-c1ccccc13)c1ccccc1-2. The Morgan fingerprint density at radius 1 is 0.316 bits per heavy atom. The van der Waals surface area contributed by atoms with Gasteiger partial charge >= 0.3 is 223 Å². The van der Waals surface area contributed by atoms with Gasteiger partial charge in [0.2, 0.25) is 0 Å². The van der Waals surface area contributed by atoms with Crippen LogP contribution in [0.25, 0.3) is 33.4 Å². The monoisotopic (exact) mass is 501 g/mol. The molecule has 0 aromatic heterocycles. The third-order valence-corrected chi connectivity index (χ3v) is 19.7. The first-order valence-corrected chi connectivity index (χ1v) is 16.1. The van der Waals surface area contributed by atoms with Crippen molar-refractivity contribution in [2.75, 3.05) is 0 Å². The van der Waals surface area contributed by atoms with E-state index in [1.165, 1.54) is 70.8 Å². The van der Waals surface area contributed by atoms with Gasteiger partial charge in [0.25, 0.3) is 0 Å². The normalized spacial score (nSPS) is 18.7. The predicted molar refractivity (Wildman–Crippen MR) is 165 cm³/mol. The fourth-order valence-corrected chi connectivity index (χ4v) is 20.7. The molecule has 0 saturated heterocycles. The molecule has 0 nitrogen and oxygen atoms in total. The van der Waals surface area contributed by atoms with Crippen molar-refractivity contribution in [1.82, 2.24) is 0 Å². The van der Waals surface area contributed by atoms with Crippen molar-refractivity contribution in [1.29, 1.82) is 0 Å². The third kappa shape index (κ3) is 1.63. The van der Waals surface area contributed by atoms with Crippen molar-refractivity contribution in [3.63, 3.8) is 0 Å². The Morgan fingerprint density at radius 3 is 0.947 bits per heavy atom. The van der Waals surface area contributed by atoms with E-state index in [1.54, 1.807) is 0 Å². The van der Waals surface area contributed by atoms with Crippen molar-refractivity contribution >= 4 is 37.8 Å². The number of hydrogen-bond donors (Lipinski definition) is 0. The number of fused-ring (bicyclic) bond motifs is 9. The van der Waals surface area contributed by atoms with Crippen LogP contribution >= 0.6 is 5.94 Å². The molecule has 1 heteroatoms. The third-order valence-electron chi connectivity index (χ3n) is 10.2. The summed E-state index contributed by atoms with van der Waals surface area (Å²) in [5.74, 6) is -4.37. The minimum atomic E-state index is -4.37. The molecule has 0 amide bonds.